The fraction of sp³-hybridized carbons (Fsp3) is 0.889. The highest BCUT2D eigenvalue weighted by molar-refractivity contribution is 5.68. The van der Waals surface area contributed by atoms with Gasteiger partial charge in [-0.25, -0.2) is 4.79 Å². The molecule has 1 N–H and O–H groups in total. The molecule has 0 aromatic carbocycles. The van der Waals surface area contributed by atoms with Crippen LogP contribution in [0.2, 0.25) is 0 Å². The second-order valence-corrected chi connectivity index (χ2v) is 4.72. The predicted octanol–water partition coefficient (Wildman–Crippen LogP) is 1.28. The van der Waals surface area contributed by atoms with Crippen molar-refractivity contribution in [3.63, 3.8) is 0 Å². The summed E-state index contributed by atoms with van der Waals surface area (Å²) in [6, 6.07) is -0.586. The van der Waals surface area contributed by atoms with Gasteiger partial charge >= 0.3 is 6.09 Å². The zero-order valence-corrected chi connectivity index (χ0v) is 9.62. The van der Waals surface area contributed by atoms with Gasteiger partial charge in [0.2, 0.25) is 0 Å². The molecule has 2 atom stereocenters. The van der Waals surface area contributed by atoms with Gasteiger partial charge in [0.15, 0.2) is 0 Å². The van der Waals surface area contributed by atoms with E-state index in [0.717, 1.165) is 0 Å². The molecule has 0 radical (unpaired) electrons. The lowest BCUT2D eigenvalue weighted by atomic mass is 10.2. The SMILES string of the molecule is CC(C)(C)OC(=O)N1CC(N=[N+]=[N-])[C@H](O)C1. The molecule has 0 bridgehead atoms. The van der Waals surface area contributed by atoms with Crippen molar-refractivity contribution in [2.75, 3.05) is 13.1 Å². The standard InChI is InChI=1S/C9H16N4O3/c1-9(2,3)16-8(15)13-4-6(11-12-10)7(14)5-13/h6-7,14H,4-5H2,1-3H3/t6?,7-/m1/s1. The first-order valence-corrected chi connectivity index (χ1v) is 5.03. The molecule has 1 amide bonds. The molecule has 7 heteroatoms. The molecule has 0 spiro atoms. The zero-order valence-electron chi connectivity index (χ0n) is 9.62. The van der Waals surface area contributed by atoms with E-state index < -0.39 is 23.8 Å². The Bertz CT molecular complexity index is 319. The molecule has 1 heterocycles. The van der Waals surface area contributed by atoms with Crippen molar-refractivity contribution in [1.82, 2.24) is 4.90 Å². The van der Waals surface area contributed by atoms with E-state index in [-0.39, 0.29) is 13.1 Å². The minimum absolute atomic E-state index is 0.137. The third-order valence-corrected chi connectivity index (χ3v) is 2.11. The normalized spacial score (nSPS) is 25.1. The van der Waals surface area contributed by atoms with E-state index >= 15 is 0 Å². The molecule has 16 heavy (non-hydrogen) atoms. The van der Waals surface area contributed by atoms with Gasteiger partial charge in [-0.15, -0.1) is 0 Å². The Morgan fingerprint density at radius 2 is 2.19 bits per heavy atom. The molecular formula is C9H16N4O3. The average molecular weight is 228 g/mol. The lowest BCUT2D eigenvalue weighted by molar-refractivity contribution is 0.0270. The molecule has 1 fully saturated rings. The van der Waals surface area contributed by atoms with Crippen LogP contribution in [0, 0.1) is 0 Å². The predicted molar refractivity (Wildman–Crippen MR) is 56.7 cm³/mol. The lowest BCUT2D eigenvalue weighted by Crippen LogP contribution is -2.36. The molecule has 1 unspecified atom stereocenters. The largest absolute Gasteiger partial charge is 0.444 e. The van der Waals surface area contributed by atoms with Crippen molar-refractivity contribution in [2.45, 2.75) is 38.5 Å². The van der Waals surface area contributed by atoms with Crippen LogP contribution in [0.4, 0.5) is 4.79 Å². The van der Waals surface area contributed by atoms with Crippen molar-refractivity contribution < 1.29 is 14.6 Å². The molecule has 1 rings (SSSR count). The molecule has 0 aromatic heterocycles. The Hall–Kier alpha value is -1.46. The smallest absolute Gasteiger partial charge is 0.410 e. The Morgan fingerprint density at radius 1 is 1.56 bits per heavy atom. The summed E-state index contributed by atoms with van der Waals surface area (Å²) in [5, 5.41) is 12.9. The van der Waals surface area contributed by atoms with Crippen LogP contribution in [-0.4, -0.2) is 46.9 Å². The third-order valence-electron chi connectivity index (χ3n) is 2.11. The van der Waals surface area contributed by atoms with E-state index in [1.807, 2.05) is 0 Å². The van der Waals surface area contributed by atoms with E-state index in [2.05, 4.69) is 10.0 Å². The van der Waals surface area contributed by atoms with Gasteiger partial charge in [0.25, 0.3) is 0 Å². The van der Waals surface area contributed by atoms with Gasteiger partial charge in [0, 0.05) is 11.5 Å². The van der Waals surface area contributed by atoms with Crippen molar-refractivity contribution in [1.29, 1.82) is 0 Å². The molecular weight excluding hydrogens is 212 g/mol. The van der Waals surface area contributed by atoms with Crippen molar-refractivity contribution in [3.8, 4) is 0 Å². The van der Waals surface area contributed by atoms with E-state index in [1.165, 1.54) is 4.90 Å². The Morgan fingerprint density at radius 3 is 2.69 bits per heavy atom. The number of aliphatic hydroxyl groups is 1. The van der Waals surface area contributed by atoms with E-state index in [4.69, 9.17) is 10.3 Å². The summed E-state index contributed by atoms with van der Waals surface area (Å²) in [5.41, 5.74) is 7.70. The van der Waals surface area contributed by atoms with Crippen LogP contribution in [0.1, 0.15) is 20.8 Å². The van der Waals surface area contributed by atoms with Gasteiger partial charge in [0.1, 0.15) is 5.60 Å². The minimum Gasteiger partial charge on any atom is -0.444 e. The number of carbonyl (C=O) groups is 1. The second-order valence-electron chi connectivity index (χ2n) is 4.72. The maximum atomic E-state index is 11.6. The van der Waals surface area contributed by atoms with Crippen LogP contribution in [0.15, 0.2) is 5.11 Å². The first-order chi connectivity index (χ1) is 7.33. The van der Waals surface area contributed by atoms with Crippen molar-refractivity contribution >= 4 is 6.09 Å². The number of nitrogens with zero attached hydrogens (tertiary/aromatic N) is 4. The summed E-state index contributed by atoms with van der Waals surface area (Å²) >= 11 is 0. The fourth-order valence-electron chi connectivity index (χ4n) is 1.42. The quantitative estimate of drug-likeness (QED) is 0.415. The monoisotopic (exact) mass is 228 g/mol. The number of hydrogen-bond acceptors (Lipinski definition) is 4. The number of azide groups is 1. The molecule has 1 aliphatic rings. The number of rotatable bonds is 1. The van der Waals surface area contributed by atoms with Crippen molar-refractivity contribution in [2.24, 2.45) is 5.11 Å². The number of amides is 1. The number of carbonyl (C=O) groups excluding carboxylic acids is 1. The maximum absolute atomic E-state index is 11.6. The molecule has 1 aliphatic heterocycles. The second kappa shape index (κ2) is 4.59. The van der Waals surface area contributed by atoms with Gasteiger partial charge in [-0.3, -0.25) is 0 Å². The van der Waals surface area contributed by atoms with Gasteiger partial charge in [-0.1, -0.05) is 5.11 Å². The van der Waals surface area contributed by atoms with Crippen LogP contribution in [0.3, 0.4) is 0 Å². The Balaban J connectivity index is 2.58. The third kappa shape index (κ3) is 3.29. The first-order valence-electron chi connectivity index (χ1n) is 5.03. The number of hydrogen-bond donors (Lipinski definition) is 1. The molecule has 90 valence electrons. The zero-order chi connectivity index (χ0) is 12.3. The number of β-amino-alcohol motifs (C(OH)–C–C–N with tert-alkyl or cyclic N) is 1. The molecule has 0 saturated carbocycles. The summed E-state index contributed by atoms with van der Waals surface area (Å²) in [4.78, 5) is 15.6. The molecule has 7 nitrogen and oxygen atoms in total. The van der Waals surface area contributed by atoms with Gasteiger partial charge in [-0.05, 0) is 26.3 Å². The van der Waals surface area contributed by atoms with E-state index in [9.17, 15) is 9.90 Å². The minimum atomic E-state index is -0.816. The summed E-state index contributed by atoms with van der Waals surface area (Å²) in [7, 11) is 0. The molecule has 0 aliphatic carbocycles. The molecule has 1 saturated heterocycles. The Kier molecular flexibility index (Phi) is 3.62. The highest BCUT2D eigenvalue weighted by Gasteiger charge is 2.35. The topological polar surface area (TPSA) is 98.5 Å². The van der Waals surface area contributed by atoms with Gasteiger partial charge < -0.3 is 14.7 Å². The van der Waals surface area contributed by atoms with Crippen LogP contribution in [0.5, 0.6) is 0 Å². The van der Waals surface area contributed by atoms with Crippen LogP contribution >= 0.6 is 0 Å². The fourth-order valence-corrected chi connectivity index (χ4v) is 1.42. The molecule has 0 aromatic rings. The first kappa shape index (κ1) is 12.6. The van der Waals surface area contributed by atoms with Gasteiger partial charge in [0.05, 0.1) is 18.7 Å². The summed E-state index contributed by atoms with van der Waals surface area (Å²) < 4.78 is 5.14. The number of aliphatic hydroxyl groups excluding tert-OH is 1. The van der Waals surface area contributed by atoms with Gasteiger partial charge in [-0.2, -0.15) is 0 Å². The average Bonchev–Trinajstić information content (AvgIpc) is 2.46. The van der Waals surface area contributed by atoms with Crippen LogP contribution in [-0.2, 0) is 4.74 Å². The highest BCUT2D eigenvalue weighted by Crippen LogP contribution is 2.17. The number of likely N-dealkylation sites (tertiary alicyclic amines) is 1. The van der Waals surface area contributed by atoms with Crippen molar-refractivity contribution in [3.05, 3.63) is 10.4 Å². The maximum Gasteiger partial charge on any atom is 0.410 e. The summed E-state index contributed by atoms with van der Waals surface area (Å²) in [5.74, 6) is 0. The highest BCUT2D eigenvalue weighted by atomic mass is 16.6. The Labute approximate surface area is 93.6 Å². The van der Waals surface area contributed by atoms with Crippen LogP contribution in [0.25, 0.3) is 10.4 Å². The summed E-state index contributed by atoms with van der Waals surface area (Å²) in [6.07, 6.45) is -1.31. The van der Waals surface area contributed by atoms with E-state index in [0.29, 0.717) is 0 Å². The van der Waals surface area contributed by atoms with Crippen LogP contribution < -0.4 is 0 Å². The lowest BCUT2D eigenvalue weighted by Gasteiger charge is -2.24. The summed E-state index contributed by atoms with van der Waals surface area (Å²) in [6.45, 7) is 5.63. The van der Waals surface area contributed by atoms with E-state index in [1.54, 1.807) is 20.8 Å². The number of ether oxygens (including phenoxy) is 1.